The van der Waals surface area contributed by atoms with Gasteiger partial charge in [0.1, 0.15) is 5.82 Å². The van der Waals surface area contributed by atoms with Crippen LogP contribution in [0.25, 0.3) is 5.65 Å². The van der Waals surface area contributed by atoms with Crippen molar-refractivity contribution in [2.24, 2.45) is 0 Å². The van der Waals surface area contributed by atoms with E-state index in [9.17, 15) is 0 Å². The number of fused-ring (bicyclic) bond motifs is 1. The normalized spacial score (nSPS) is 11.2. The number of aromatic nitrogens is 5. The second-order valence-corrected chi connectivity index (χ2v) is 3.70. The Morgan fingerprint density at radius 3 is 2.88 bits per heavy atom. The molecule has 2 heterocycles. The SMILES string of the molecule is CCN(CC)CCNc1ccc2nnnn2n1. The highest BCUT2D eigenvalue weighted by atomic mass is 15.6. The monoisotopic (exact) mass is 235 g/mol. The second kappa shape index (κ2) is 5.53. The molecule has 0 bridgehead atoms. The molecule has 92 valence electrons. The van der Waals surface area contributed by atoms with Gasteiger partial charge >= 0.3 is 0 Å². The van der Waals surface area contributed by atoms with Crippen LogP contribution in [0.5, 0.6) is 0 Å². The van der Waals surface area contributed by atoms with E-state index in [2.05, 4.69) is 44.7 Å². The molecular weight excluding hydrogens is 218 g/mol. The van der Waals surface area contributed by atoms with E-state index in [1.807, 2.05) is 12.1 Å². The molecule has 2 aromatic rings. The molecular formula is C10H17N7. The minimum atomic E-state index is 0.652. The van der Waals surface area contributed by atoms with Crippen LogP contribution in [0.15, 0.2) is 12.1 Å². The Balaban J connectivity index is 1.90. The number of hydrogen-bond donors (Lipinski definition) is 1. The fraction of sp³-hybridized carbons (Fsp3) is 0.600. The smallest absolute Gasteiger partial charge is 0.200 e. The Hall–Kier alpha value is -1.76. The fourth-order valence-corrected chi connectivity index (χ4v) is 1.63. The van der Waals surface area contributed by atoms with Crippen LogP contribution >= 0.6 is 0 Å². The number of tetrazole rings is 1. The molecule has 0 aromatic carbocycles. The number of likely N-dealkylation sites (N-methyl/N-ethyl adjacent to an activating group) is 1. The summed E-state index contributed by atoms with van der Waals surface area (Å²) in [5, 5.41) is 18.6. The predicted octanol–water partition coefficient (Wildman–Crippen LogP) is 0.273. The molecule has 0 spiro atoms. The van der Waals surface area contributed by atoms with Gasteiger partial charge in [0.15, 0.2) is 5.65 Å². The first-order valence-corrected chi connectivity index (χ1v) is 5.85. The number of nitrogens with one attached hydrogen (secondary N) is 1. The van der Waals surface area contributed by atoms with Gasteiger partial charge in [-0.1, -0.05) is 13.8 Å². The van der Waals surface area contributed by atoms with Gasteiger partial charge in [-0.25, -0.2) is 0 Å². The predicted molar refractivity (Wildman–Crippen MR) is 64.9 cm³/mol. The maximum atomic E-state index is 4.23. The third-order valence-corrected chi connectivity index (χ3v) is 2.70. The van der Waals surface area contributed by atoms with Crippen molar-refractivity contribution in [1.82, 2.24) is 30.2 Å². The van der Waals surface area contributed by atoms with E-state index in [1.165, 1.54) is 4.63 Å². The van der Waals surface area contributed by atoms with Crippen molar-refractivity contribution in [2.75, 3.05) is 31.5 Å². The highest BCUT2D eigenvalue weighted by Crippen LogP contribution is 2.02. The molecule has 7 heteroatoms. The van der Waals surface area contributed by atoms with Crippen LogP contribution in [0.4, 0.5) is 5.82 Å². The van der Waals surface area contributed by atoms with Crippen LogP contribution in [-0.4, -0.2) is 56.3 Å². The Morgan fingerprint density at radius 2 is 2.12 bits per heavy atom. The maximum absolute atomic E-state index is 4.23. The van der Waals surface area contributed by atoms with Crippen molar-refractivity contribution >= 4 is 11.5 Å². The van der Waals surface area contributed by atoms with Crippen LogP contribution in [0, 0.1) is 0 Å². The molecule has 0 aliphatic carbocycles. The lowest BCUT2D eigenvalue weighted by molar-refractivity contribution is 0.316. The van der Waals surface area contributed by atoms with E-state index in [-0.39, 0.29) is 0 Å². The summed E-state index contributed by atoms with van der Waals surface area (Å²) in [6.07, 6.45) is 0. The number of anilines is 1. The molecule has 0 amide bonds. The van der Waals surface area contributed by atoms with Gasteiger partial charge < -0.3 is 10.2 Å². The van der Waals surface area contributed by atoms with Crippen LogP contribution in [0.3, 0.4) is 0 Å². The molecule has 17 heavy (non-hydrogen) atoms. The summed E-state index contributed by atoms with van der Waals surface area (Å²) in [5.74, 6) is 0.789. The first-order valence-electron chi connectivity index (χ1n) is 5.85. The minimum absolute atomic E-state index is 0.652. The highest BCUT2D eigenvalue weighted by molar-refractivity contribution is 5.41. The summed E-state index contributed by atoms with van der Waals surface area (Å²) in [4.78, 5) is 2.35. The molecule has 0 saturated carbocycles. The van der Waals surface area contributed by atoms with Gasteiger partial charge in [0.2, 0.25) is 0 Å². The van der Waals surface area contributed by atoms with Gasteiger partial charge in [-0.05, 0) is 35.6 Å². The van der Waals surface area contributed by atoms with Crippen molar-refractivity contribution in [3.05, 3.63) is 12.1 Å². The topological polar surface area (TPSA) is 71.2 Å². The molecule has 0 unspecified atom stereocenters. The largest absolute Gasteiger partial charge is 0.367 e. The van der Waals surface area contributed by atoms with E-state index in [1.54, 1.807) is 0 Å². The Morgan fingerprint density at radius 1 is 1.29 bits per heavy atom. The van der Waals surface area contributed by atoms with E-state index >= 15 is 0 Å². The maximum Gasteiger partial charge on any atom is 0.200 e. The molecule has 0 aliphatic rings. The van der Waals surface area contributed by atoms with Crippen molar-refractivity contribution < 1.29 is 0 Å². The van der Waals surface area contributed by atoms with Gasteiger partial charge in [-0.2, -0.15) is 0 Å². The summed E-state index contributed by atoms with van der Waals surface area (Å²) >= 11 is 0. The number of nitrogens with zero attached hydrogens (tertiary/aromatic N) is 6. The molecule has 0 saturated heterocycles. The first-order chi connectivity index (χ1) is 8.33. The van der Waals surface area contributed by atoms with Crippen LogP contribution < -0.4 is 5.32 Å². The van der Waals surface area contributed by atoms with E-state index in [0.717, 1.165) is 32.0 Å². The second-order valence-electron chi connectivity index (χ2n) is 3.70. The summed E-state index contributed by atoms with van der Waals surface area (Å²) in [6, 6.07) is 3.72. The van der Waals surface area contributed by atoms with E-state index in [0.29, 0.717) is 5.65 Å². The molecule has 0 aliphatic heterocycles. The molecule has 0 atom stereocenters. The number of hydrogen-bond acceptors (Lipinski definition) is 6. The average molecular weight is 235 g/mol. The Labute approximate surface area is 99.8 Å². The zero-order chi connectivity index (χ0) is 12.1. The van der Waals surface area contributed by atoms with Gasteiger partial charge in [-0.3, -0.25) is 0 Å². The summed E-state index contributed by atoms with van der Waals surface area (Å²) in [7, 11) is 0. The zero-order valence-corrected chi connectivity index (χ0v) is 10.2. The van der Waals surface area contributed by atoms with Crippen molar-refractivity contribution in [3.63, 3.8) is 0 Å². The highest BCUT2D eigenvalue weighted by Gasteiger charge is 2.01. The number of rotatable bonds is 6. The van der Waals surface area contributed by atoms with E-state index < -0.39 is 0 Å². The lowest BCUT2D eigenvalue weighted by Gasteiger charge is -2.17. The molecule has 1 N–H and O–H groups in total. The Kier molecular flexibility index (Phi) is 3.81. The third kappa shape index (κ3) is 2.88. The van der Waals surface area contributed by atoms with Crippen molar-refractivity contribution in [2.45, 2.75) is 13.8 Å². The molecule has 0 radical (unpaired) electrons. The zero-order valence-electron chi connectivity index (χ0n) is 10.2. The van der Waals surface area contributed by atoms with Crippen LogP contribution in [0.1, 0.15) is 13.8 Å². The third-order valence-electron chi connectivity index (χ3n) is 2.70. The minimum Gasteiger partial charge on any atom is -0.367 e. The van der Waals surface area contributed by atoms with E-state index in [4.69, 9.17) is 0 Å². The van der Waals surface area contributed by atoms with Gasteiger partial charge in [0, 0.05) is 13.1 Å². The fourth-order valence-electron chi connectivity index (χ4n) is 1.63. The summed E-state index contributed by atoms with van der Waals surface area (Å²) < 4.78 is 1.42. The van der Waals surface area contributed by atoms with Crippen molar-refractivity contribution in [1.29, 1.82) is 0 Å². The van der Waals surface area contributed by atoms with Crippen LogP contribution in [-0.2, 0) is 0 Å². The lowest BCUT2D eigenvalue weighted by atomic mass is 10.4. The summed E-state index contributed by atoms with van der Waals surface area (Å²) in [5.41, 5.74) is 0.652. The van der Waals surface area contributed by atoms with Gasteiger partial charge in [-0.15, -0.1) is 14.8 Å². The molecule has 7 nitrogen and oxygen atoms in total. The first kappa shape index (κ1) is 11.7. The van der Waals surface area contributed by atoms with Crippen molar-refractivity contribution in [3.8, 4) is 0 Å². The van der Waals surface area contributed by atoms with Crippen LogP contribution in [0.2, 0.25) is 0 Å². The molecule has 0 fully saturated rings. The van der Waals surface area contributed by atoms with Gasteiger partial charge in [0.25, 0.3) is 0 Å². The lowest BCUT2D eigenvalue weighted by Crippen LogP contribution is -2.28. The standard InChI is InChI=1S/C10H17N7/c1-3-16(4-2)8-7-11-9-5-6-10-12-14-15-17(10)13-9/h5-6H,3-4,7-8H2,1-2H3,(H,11,13). The van der Waals surface area contributed by atoms with Gasteiger partial charge in [0.05, 0.1) is 0 Å². The average Bonchev–Trinajstić information content (AvgIpc) is 2.82. The summed E-state index contributed by atoms with van der Waals surface area (Å²) in [6.45, 7) is 8.32. The Bertz CT molecular complexity index is 462. The molecule has 2 rings (SSSR count). The molecule has 2 aromatic heterocycles. The quantitative estimate of drug-likeness (QED) is 0.775.